The summed E-state index contributed by atoms with van der Waals surface area (Å²) >= 11 is 0. The van der Waals surface area contributed by atoms with Crippen molar-refractivity contribution in [3.8, 4) is 0 Å². The molecule has 200 valence electrons. The molecule has 1 aromatic heterocycles. The highest BCUT2D eigenvalue weighted by molar-refractivity contribution is 6.74. The van der Waals surface area contributed by atoms with Crippen molar-refractivity contribution in [1.82, 2.24) is 20.2 Å². The molecule has 35 heavy (non-hydrogen) atoms. The fourth-order valence-electron chi connectivity index (χ4n) is 3.85. The maximum Gasteiger partial charge on any atom is 0.408 e. The maximum atomic E-state index is 14.0. The van der Waals surface area contributed by atoms with Crippen LogP contribution in [-0.4, -0.2) is 64.6 Å². The van der Waals surface area contributed by atoms with Crippen molar-refractivity contribution in [2.24, 2.45) is 5.41 Å². The number of alkyl carbamates (subject to hydrolysis) is 1. The van der Waals surface area contributed by atoms with E-state index in [-0.39, 0.29) is 29.7 Å². The van der Waals surface area contributed by atoms with Gasteiger partial charge in [-0.1, -0.05) is 41.5 Å². The Morgan fingerprint density at radius 3 is 2.26 bits per heavy atom. The lowest BCUT2D eigenvalue weighted by molar-refractivity contribution is -0.137. The zero-order valence-electron chi connectivity index (χ0n) is 23.4. The molecule has 0 radical (unpaired) electrons. The summed E-state index contributed by atoms with van der Waals surface area (Å²) < 4.78 is 12.1. The Morgan fingerprint density at radius 2 is 1.80 bits per heavy atom. The number of hydrogen-bond donors (Lipinski definition) is 3. The average molecular weight is 511 g/mol. The quantitative estimate of drug-likeness (QED) is 0.485. The van der Waals surface area contributed by atoms with Crippen LogP contribution in [0, 0.1) is 5.41 Å². The Kier molecular flexibility index (Phi) is 8.56. The number of likely N-dealkylation sites (tertiary alicyclic amines) is 1. The molecule has 0 spiro atoms. The van der Waals surface area contributed by atoms with Gasteiger partial charge in [-0.3, -0.25) is 4.79 Å². The first-order chi connectivity index (χ1) is 15.7. The minimum Gasteiger partial charge on any atom is -0.444 e. The topological polar surface area (TPSA) is 117 Å². The number of carbonyl (C=O) groups excluding carboxylic acids is 2. The molecule has 3 atom stereocenters. The fraction of sp³-hybridized carbons (Fsp3) is 0.800. The van der Waals surface area contributed by atoms with Crippen LogP contribution >= 0.6 is 0 Å². The minimum atomic E-state index is -2.08. The molecule has 0 unspecified atom stereocenters. The van der Waals surface area contributed by atoms with Gasteiger partial charge in [0.05, 0.1) is 30.6 Å². The SMILES string of the molecule is CC(C)(C)OC(=O)N[C@H](C(=O)N1C[C@H](O[Si](C)(C)C(C)(C)C)C[C@H]1c1ncc(CO)[nH]1)C(C)(C)C. The average Bonchev–Trinajstić information content (AvgIpc) is 3.28. The number of nitrogens with zero attached hydrogens (tertiary/aromatic N) is 2. The predicted octanol–water partition coefficient (Wildman–Crippen LogP) is 4.51. The number of hydrogen-bond acceptors (Lipinski definition) is 6. The molecule has 1 fully saturated rings. The lowest BCUT2D eigenvalue weighted by Crippen LogP contribution is -2.55. The molecule has 2 rings (SSSR count). The van der Waals surface area contributed by atoms with Gasteiger partial charge in [-0.25, -0.2) is 9.78 Å². The molecule has 1 aromatic rings. The van der Waals surface area contributed by atoms with Crippen molar-refractivity contribution in [2.45, 2.75) is 117 Å². The van der Waals surface area contributed by atoms with Crippen molar-refractivity contribution in [3.05, 3.63) is 17.7 Å². The van der Waals surface area contributed by atoms with E-state index < -0.39 is 31.5 Å². The summed E-state index contributed by atoms with van der Waals surface area (Å²) in [5.74, 6) is 0.394. The number of carbonyl (C=O) groups is 2. The van der Waals surface area contributed by atoms with Crippen LogP contribution < -0.4 is 5.32 Å². The number of nitrogens with one attached hydrogen (secondary N) is 2. The molecule has 1 saturated heterocycles. The van der Waals surface area contributed by atoms with Crippen LogP contribution in [-0.2, 0) is 20.6 Å². The number of aromatic nitrogens is 2. The van der Waals surface area contributed by atoms with Gasteiger partial charge in [-0.15, -0.1) is 0 Å². The Bertz CT molecular complexity index is 895. The summed E-state index contributed by atoms with van der Waals surface area (Å²) in [7, 11) is -2.08. The van der Waals surface area contributed by atoms with Gasteiger partial charge >= 0.3 is 6.09 Å². The van der Waals surface area contributed by atoms with E-state index in [9.17, 15) is 14.7 Å². The van der Waals surface area contributed by atoms with Crippen LogP contribution in [0.15, 0.2) is 6.20 Å². The lowest BCUT2D eigenvalue weighted by atomic mass is 9.85. The third-order valence-corrected chi connectivity index (χ3v) is 11.3. The van der Waals surface area contributed by atoms with E-state index in [0.29, 0.717) is 24.5 Å². The molecule has 0 aliphatic carbocycles. The molecule has 2 heterocycles. The van der Waals surface area contributed by atoms with E-state index in [1.807, 2.05) is 20.8 Å². The highest BCUT2D eigenvalue weighted by Gasteiger charge is 2.47. The second kappa shape index (κ2) is 10.2. The van der Waals surface area contributed by atoms with Crippen molar-refractivity contribution >= 4 is 20.3 Å². The number of H-pyrrole nitrogens is 1. The summed E-state index contributed by atoms with van der Waals surface area (Å²) in [5.41, 5.74) is -0.653. The van der Waals surface area contributed by atoms with Gasteiger partial charge in [-0.2, -0.15) is 0 Å². The Balaban J connectivity index is 2.37. The number of aliphatic hydroxyl groups is 1. The Morgan fingerprint density at radius 1 is 1.20 bits per heavy atom. The summed E-state index contributed by atoms with van der Waals surface area (Å²) in [4.78, 5) is 35.9. The Labute approximate surface area is 211 Å². The van der Waals surface area contributed by atoms with Crippen LogP contribution in [0.1, 0.15) is 86.3 Å². The molecule has 2 amide bonds. The molecule has 0 saturated carbocycles. The van der Waals surface area contributed by atoms with Gasteiger partial charge in [0.15, 0.2) is 8.32 Å². The lowest BCUT2D eigenvalue weighted by Gasteiger charge is -2.38. The largest absolute Gasteiger partial charge is 0.444 e. The zero-order chi connectivity index (χ0) is 27.0. The maximum absolute atomic E-state index is 14.0. The van der Waals surface area contributed by atoms with E-state index in [4.69, 9.17) is 9.16 Å². The van der Waals surface area contributed by atoms with Crippen LogP contribution in [0.3, 0.4) is 0 Å². The third kappa shape index (κ3) is 7.53. The van der Waals surface area contributed by atoms with Crippen LogP contribution in [0.2, 0.25) is 18.1 Å². The van der Waals surface area contributed by atoms with Crippen molar-refractivity contribution < 1.29 is 23.9 Å². The van der Waals surface area contributed by atoms with Crippen LogP contribution in [0.4, 0.5) is 4.79 Å². The summed E-state index contributed by atoms with van der Waals surface area (Å²) in [6, 6.07) is -1.17. The van der Waals surface area contributed by atoms with E-state index in [2.05, 4.69) is 49.1 Å². The summed E-state index contributed by atoms with van der Waals surface area (Å²) in [5, 5.41) is 12.4. The van der Waals surface area contributed by atoms with Gasteiger partial charge in [0.25, 0.3) is 0 Å². The zero-order valence-corrected chi connectivity index (χ0v) is 24.4. The smallest absolute Gasteiger partial charge is 0.408 e. The number of amides is 2. The standard InChI is InChI=1S/C25H46N4O5Si/c1-23(2,3)19(28-22(32)33-24(4,5)6)21(31)29-14-17(34-35(10,11)25(7,8)9)12-18(29)20-26-13-16(15-30)27-20/h13,17-19,30H,12,14-15H2,1-11H3,(H,26,27)(H,28,32)/t17-,18+,19-/m1/s1. The van der Waals surface area contributed by atoms with Crippen molar-refractivity contribution in [1.29, 1.82) is 0 Å². The molecule has 1 aliphatic heterocycles. The van der Waals surface area contributed by atoms with E-state index in [1.54, 1.807) is 31.9 Å². The van der Waals surface area contributed by atoms with E-state index in [1.165, 1.54) is 0 Å². The van der Waals surface area contributed by atoms with Gasteiger partial charge in [-0.05, 0) is 44.3 Å². The second-order valence-corrected chi connectivity index (χ2v) is 17.9. The monoisotopic (exact) mass is 510 g/mol. The van der Waals surface area contributed by atoms with Crippen LogP contribution in [0.25, 0.3) is 0 Å². The molecule has 1 aliphatic rings. The summed E-state index contributed by atoms with van der Waals surface area (Å²) in [6.45, 7) is 22.3. The molecule has 10 heteroatoms. The van der Waals surface area contributed by atoms with Gasteiger partial charge in [0.1, 0.15) is 17.5 Å². The van der Waals surface area contributed by atoms with Gasteiger partial charge in [0, 0.05) is 13.0 Å². The van der Waals surface area contributed by atoms with Gasteiger partial charge in [0.2, 0.25) is 5.91 Å². The minimum absolute atomic E-state index is 0.0287. The molecule has 9 nitrogen and oxygen atoms in total. The third-order valence-electron chi connectivity index (χ3n) is 6.72. The number of rotatable bonds is 6. The number of aromatic amines is 1. The first kappa shape index (κ1) is 29.3. The van der Waals surface area contributed by atoms with Crippen molar-refractivity contribution in [2.75, 3.05) is 6.54 Å². The molecular formula is C25H46N4O5Si. The van der Waals surface area contributed by atoms with E-state index in [0.717, 1.165) is 0 Å². The molecule has 3 N–H and O–H groups in total. The van der Waals surface area contributed by atoms with Crippen molar-refractivity contribution in [3.63, 3.8) is 0 Å². The fourth-order valence-corrected chi connectivity index (χ4v) is 5.20. The molecular weight excluding hydrogens is 464 g/mol. The highest BCUT2D eigenvalue weighted by Crippen LogP contribution is 2.41. The molecule has 0 aromatic carbocycles. The molecule has 0 bridgehead atoms. The van der Waals surface area contributed by atoms with E-state index >= 15 is 0 Å². The first-order valence-corrected chi connectivity index (χ1v) is 15.3. The first-order valence-electron chi connectivity index (χ1n) is 12.4. The Hall–Kier alpha value is -1.91. The van der Waals surface area contributed by atoms with Gasteiger partial charge < -0.3 is 29.5 Å². The number of aliphatic hydroxyl groups excluding tert-OH is 1. The summed E-state index contributed by atoms with van der Waals surface area (Å²) in [6.07, 6.45) is 1.38. The second-order valence-electron chi connectivity index (χ2n) is 13.1. The number of imidazole rings is 1. The van der Waals surface area contributed by atoms with Crippen LogP contribution in [0.5, 0.6) is 0 Å². The predicted molar refractivity (Wildman–Crippen MR) is 138 cm³/mol. The highest BCUT2D eigenvalue weighted by atomic mass is 28.4. The normalized spacial score (nSPS) is 20.6. The number of ether oxygens (including phenoxy) is 1.